The highest BCUT2D eigenvalue weighted by molar-refractivity contribution is 7.91. The van der Waals surface area contributed by atoms with Crippen LogP contribution in [0.1, 0.15) is 20.3 Å². The molecule has 108 valence electrons. The van der Waals surface area contributed by atoms with E-state index < -0.39 is 9.84 Å². The van der Waals surface area contributed by atoms with Crippen LogP contribution in [0.2, 0.25) is 0 Å². The lowest BCUT2D eigenvalue weighted by atomic mass is 10.4. The molecule has 1 aromatic heterocycles. The Morgan fingerprint density at radius 3 is 2.79 bits per heavy atom. The highest BCUT2D eigenvalue weighted by atomic mass is 32.2. The molecule has 1 fully saturated rings. The van der Waals surface area contributed by atoms with E-state index in [0.29, 0.717) is 31.1 Å². The SMILES string of the molecule is CC(C)Oc1c(N)nsc1N1CCCS(=O)(=O)CC1. The largest absolute Gasteiger partial charge is 0.484 e. The van der Waals surface area contributed by atoms with Crippen molar-refractivity contribution in [1.29, 1.82) is 0 Å². The summed E-state index contributed by atoms with van der Waals surface area (Å²) in [7, 11) is -2.92. The van der Waals surface area contributed by atoms with E-state index in [4.69, 9.17) is 10.5 Å². The number of anilines is 2. The number of nitrogens with two attached hydrogens (primary N) is 1. The van der Waals surface area contributed by atoms with Gasteiger partial charge in [-0.25, -0.2) is 8.42 Å². The zero-order valence-electron chi connectivity index (χ0n) is 11.1. The van der Waals surface area contributed by atoms with Crippen molar-refractivity contribution in [1.82, 2.24) is 4.37 Å². The molecule has 0 amide bonds. The summed E-state index contributed by atoms with van der Waals surface area (Å²) < 4.78 is 33.1. The highest BCUT2D eigenvalue weighted by Gasteiger charge is 2.25. The average Bonchev–Trinajstić information content (AvgIpc) is 2.55. The molecule has 2 heterocycles. The van der Waals surface area contributed by atoms with E-state index in [2.05, 4.69) is 4.37 Å². The molecule has 1 saturated heterocycles. The van der Waals surface area contributed by atoms with E-state index in [9.17, 15) is 8.42 Å². The molecule has 1 aliphatic heterocycles. The van der Waals surface area contributed by atoms with Gasteiger partial charge in [0.05, 0.1) is 17.6 Å². The van der Waals surface area contributed by atoms with Crippen molar-refractivity contribution < 1.29 is 13.2 Å². The number of rotatable bonds is 3. The van der Waals surface area contributed by atoms with Crippen molar-refractivity contribution in [3.05, 3.63) is 0 Å². The Balaban J connectivity index is 2.22. The van der Waals surface area contributed by atoms with Gasteiger partial charge in [0.1, 0.15) is 0 Å². The van der Waals surface area contributed by atoms with Crippen LogP contribution >= 0.6 is 11.5 Å². The lowest BCUT2D eigenvalue weighted by Gasteiger charge is -2.21. The van der Waals surface area contributed by atoms with E-state index in [0.717, 1.165) is 5.00 Å². The summed E-state index contributed by atoms with van der Waals surface area (Å²) in [4.78, 5) is 2.01. The maximum Gasteiger partial charge on any atom is 0.198 e. The van der Waals surface area contributed by atoms with Crippen molar-refractivity contribution in [2.75, 3.05) is 35.2 Å². The summed E-state index contributed by atoms with van der Waals surface area (Å²) in [6.45, 7) is 5.01. The Bertz CT molecular complexity index is 539. The van der Waals surface area contributed by atoms with Crippen LogP contribution in [0.3, 0.4) is 0 Å². The van der Waals surface area contributed by atoms with Gasteiger partial charge < -0.3 is 15.4 Å². The number of ether oxygens (including phenoxy) is 1. The molecule has 0 aromatic carbocycles. The molecule has 6 nitrogen and oxygen atoms in total. The van der Waals surface area contributed by atoms with Gasteiger partial charge in [-0.3, -0.25) is 0 Å². The van der Waals surface area contributed by atoms with Gasteiger partial charge in [0.25, 0.3) is 0 Å². The Hall–Kier alpha value is -1.02. The minimum atomic E-state index is -2.92. The van der Waals surface area contributed by atoms with E-state index in [1.807, 2.05) is 18.7 Å². The first kappa shape index (κ1) is 14.4. The fourth-order valence-corrected chi connectivity index (χ4v) is 4.05. The number of sulfone groups is 1. The van der Waals surface area contributed by atoms with Gasteiger partial charge in [0.2, 0.25) is 0 Å². The summed E-state index contributed by atoms with van der Waals surface area (Å²) in [5.74, 6) is 1.38. The smallest absolute Gasteiger partial charge is 0.198 e. The third-order valence-electron chi connectivity index (χ3n) is 2.85. The Labute approximate surface area is 117 Å². The third-order valence-corrected chi connectivity index (χ3v) is 5.47. The van der Waals surface area contributed by atoms with Gasteiger partial charge in [-0.05, 0) is 31.8 Å². The normalized spacial score (nSPS) is 19.4. The molecule has 0 atom stereocenters. The van der Waals surface area contributed by atoms with E-state index in [1.54, 1.807) is 0 Å². The fourth-order valence-electron chi connectivity index (χ4n) is 1.97. The first-order valence-corrected chi connectivity index (χ1v) is 8.86. The molecule has 1 aliphatic rings. The first-order valence-electron chi connectivity index (χ1n) is 6.26. The molecule has 0 radical (unpaired) electrons. The van der Waals surface area contributed by atoms with E-state index in [-0.39, 0.29) is 17.6 Å². The quantitative estimate of drug-likeness (QED) is 0.901. The van der Waals surface area contributed by atoms with Gasteiger partial charge in [-0.1, -0.05) is 0 Å². The molecule has 2 rings (SSSR count). The third kappa shape index (κ3) is 3.50. The number of nitrogen functional groups attached to an aromatic ring is 1. The van der Waals surface area contributed by atoms with E-state index >= 15 is 0 Å². The molecular weight excluding hydrogens is 286 g/mol. The number of hydrogen-bond donors (Lipinski definition) is 1. The zero-order valence-corrected chi connectivity index (χ0v) is 12.8. The summed E-state index contributed by atoms with van der Waals surface area (Å²) in [5.41, 5.74) is 5.82. The summed E-state index contributed by atoms with van der Waals surface area (Å²) in [6, 6.07) is 0. The summed E-state index contributed by atoms with van der Waals surface area (Å²) in [5, 5.41) is 0.836. The number of aromatic nitrogens is 1. The Morgan fingerprint density at radius 2 is 2.11 bits per heavy atom. The van der Waals surface area contributed by atoms with Crippen LogP contribution in [0, 0.1) is 0 Å². The minimum Gasteiger partial charge on any atom is -0.484 e. The van der Waals surface area contributed by atoms with Crippen molar-refractivity contribution in [3.63, 3.8) is 0 Å². The van der Waals surface area contributed by atoms with Crippen LogP contribution in [0.4, 0.5) is 10.8 Å². The van der Waals surface area contributed by atoms with Gasteiger partial charge in [-0.15, -0.1) is 0 Å². The maximum atomic E-state index is 11.6. The molecule has 2 N–H and O–H groups in total. The molecule has 8 heteroatoms. The van der Waals surface area contributed by atoms with Crippen molar-refractivity contribution in [3.8, 4) is 5.75 Å². The van der Waals surface area contributed by atoms with Crippen LogP contribution in [-0.2, 0) is 9.84 Å². The van der Waals surface area contributed by atoms with Gasteiger partial charge in [0, 0.05) is 13.1 Å². The molecule has 19 heavy (non-hydrogen) atoms. The standard InChI is InChI=1S/C11H19N3O3S2/c1-8(2)17-9-10(12)13-18-11(9)14-4-3-6-19(15,16)7-5-14/h8H,3-7H2,1-2H3,(H2,12,13). The van der Waals surface area contributed by atoms with Crippen molar-refractivity contribution in [2.45, 2.75) is 26.4 Å². The lowest BCUT2D eigenvalue weighted by Crippen LogP contribution is -2.26. The predicted molar refractivity (Wildman–Crippen MR) is 77.8 cm³/mol. The Morgan fingerprint density at radius 1 is 1.37 bits per heavy atom. The van der Waals surface area contributed by atoms with Crippen molar-refractivity contribution in [2.24, 2.45) is 0 Å². The first-order chi connectivity index (χ1) is 8.89. The second-order valence-electron chi connectivity index (χ2n) is 4.86. The van der Waals surface area contributed by atoms with Gasteiger partial charge in [-0.2, -0.15) is 4.37 Å². The van der Waals surface area contributed by atoms with Gasteiger partial charge >= 0.3 is 0 Å². The predicted octanol–water partition coefficient (Wildman–Crippen LogP) is 1.14. The van der Waals surface area contributed by atoms with Crippen LogP contribution in [0.15, 0.2) is 0 Å². The van der Waals surface area contributed by atoms with Crippen LogP contribution in [0.5, 0.6) is 5.75 Å². The molecule has 0 saturated carbocycles. The number of hydrogen-bond acceptors (Lipinski definition) is 7. The molecule has 0 unspecified atom stereocenters. The van der Waals surface area contributed by atoms with Crippen molar-refractivity contribution >= 4 is 32.2 Å². The highest BCUT2D eigenvalue weighted by Crippen LogP contribution is 2.39. The topological polar surface area (TPSA) is 85.5 Å². The van der Waals surface area contributed by atoms with E-state index in [1.165, 1.54) is 11.5 Å². The molecule has 0 bridgehead atoms. The average molecular weight is 305 g/mol. The second kappa shape index (κ2) is 5.54. The lowest BCUT2D eigenvalue weighted by molar-refractivity contribution is 0.245. The Kier molecular flexibility index (Phi) is 4.19. The van der Waals surface area contributed by atoms with Crippen LogP contribution < -0.4 is 15.4 Å². The minimum absolute atomic E-state index is 0.00756. The number of nitrogens with zero attached hydrogens (tertiary/aromatic N) is 2. The molecule has 0 spiro atoms. The summed E-state index contributed by atoms with van der Waals surface area (Å²) >= 11 is 1.27. The van der Waals surface area contributed by atoms with Gasteiger partial charge in [0.15, 0.2) is 26.4 Å². The maximum absolute atomic E-state index is 11.6. The molecular formula is C11H19N3O3S2. The van der Waals surface area contributed by atoms with Crippen LogP contribution in [-0.4, -0.2) is 43.5 Å². The van der Waals surface area contributed by atoms with Crippen LogP contribution in [0.25, 0.3) is 0 Å². The fraction of sp³-hybridized carbons (Fsp3) is 0.727. The summed E-state index contributed by atoms with van der Waals surface area (Å²) in [6.07, 6.45) is 0.634. The molecule has 0 aliphatic carbocycles. The second-order valence-corrected chi connectivity index (χ2v) is 7.92. The zero-order chi connectivity index (χ0) is 14.0. The molecule has 1 aromatic rings. The monoisotopic (exact) mass is 305 g/mol.